The van der Waals surface area contributed by atoms with Crippen LogP contribution in [0.5, 0.6) is 5.75 Å². The molecule has 1 N–H and O–H groups in total. The first-order chi connectivity index (χ1) is 16.9. The maximum Gasteiger partial charge on any atom is 0.349 e. The molecule has 1 saturated heterocycles. The molecule has 1 aromatic carbocycles. The number of carbonyl (C=O) groups excluding carboxylic acids is 2. The molecule has 1 aliphatic carbocycles. The molecule has 2 fully saturated rings. The maximum atomic E-state index is 15.3. The van der Waals surface area contributed by atoms with E-state index in [2.05, 4.69) is 11.9 Å². The Morgan fingerprint density at radius 3 is 2.53 bits per heavy atom. The third-order valence-corrected chi connectivity index (χ3v) is 5.97. The minimum atomic E-state index is -1.35. The topological polar surface area (TPSA) is 95.9 Å². The van der Waals surface area contributed by atoms with Crippen LogP contribution < -0.4 is 15.5 Å². The molecule has 1 aliphatic heterocycles. The number of aromatic nitrogens is 1. The van der Waals surface area contributed by atoms with Crippen LogP contribution in [0.4, 0.5) is 8.78 Å². The first-order valence-corrected chi connectivity index (χ1v) is 11.9. The number of fused-ring (bicyclic) bond motifs is 1. The summed E-state index contributed by atoms with van der Waals surface area (Å²) in [5.41, 5.74) is -1.17. The van der Waals surface area contributed by atoms with Crippen LogP contribution in [0.1, 0.15) is 63.4 Å². The average Bonchev–Trinajstić information content (AvgIpc) is 3.54. The molecule has 194 valence electrons. The summed E-state index contributed by atoms with van der Waals surface area (Å²) in [5.74, 6) is -4.89. The number of hydrogen-bond acceptors (Lipinski definition) is 7. The van der Waals surface area contributed by atoms with Crippen molar-refractivity contribution in [2.45, 2.75) is 70.7 Å². The molecule has 0 radical (unpaired) electrons. The SMILES string of the molecule is C=C1CN[C@H](C(Oc2c(F)c(F)cc3c(=O)c(C(=O)OCC)cn(C4CC4)c23)C(=O)OC(C)(C)C)C1. The summed E-state index contributed by atoms with van der Waals surface area (Å²) < 4.78 is 48.1. The lowest BCUT2D eigenvalue weighted by molar-refractivity contribution is -0.164. The van der Waals surface area contributed by atoms with Crippen LogP contribution in [0, 0.1) is 11.6 Å². The Hall–Kier alpha value is -3.27. The molecule has 2 heterocycles. The third kappa shape index (κ3) is 5.13. The standard InChI is InChI=1S/C26H30F2N2O6/c1-6-34-24(32)16-12-30(14-7-8-14)20-15(21(16)31)10-17(27)19(28)23(20)35-22(18-9-13(2)11-29-18)25(33)36-26(3,4)5/h10,12,14,18,22,29H,2,6-9,11H2,1,3-5H3/t18-,22?/m0/s1. The van der Waals surface area contributed by atoms with Gasteiger partial charge in [0.1, 0.15) is 11.2 Å². The lowest BCUT2D eigenvalue weighted by atomic mass is 10.1. The molecule has 2 aromatic rings. The number of halogens is 2. The van der Waals surface area contributed by atoms with Crippen molar-refractivity contribution < 1.29 is 32.6 Å². The maximum absolute atomic E-state index is 15.3. The van der Waals surface area contributed by atoms with Crippen molar-refractivity contribution in [1.29, 1.82) is 0 Å². The van der Waals surface area contributed by atoms with E-state index in [9.17, 15) is 18.8 Å². The van der Waals surface area contributed by atoms with E-state index in [0.29, 0.717) is 25.8 Å². The second-order valence-electron chi connectivity index (χ2n) is 10.1. The Morgan fingerprint density at radius 1 is 1.28 bits per heavy atom. The number of carbonyl (C=O) groups is 2. The van der Waals surface area contributed by atoms with E-state index in [4.69, 9.17) is 14.2 Å². The van der Waals surface area contributed by atoms with E-state index < -0.39 is 52.5 Å². The summed E-state index contributed by atoms with van der Waals surface area (Å²) in [6.07, 6.45) is 1.72. The van der Waals surface area contributed by atoms with Crippen molar-refractivity contribution in [3.05, 3.63) is 51.8 Å². The Bertz CT molecular complexity index is 1290. The summed E-state index contributed by atoms with van der Waals surface area (Å²) in [4.78, 5) is 38.8. The van der Waals surface area contributed by atoms with Gasteiger partial charge in [-0.15, -0.1) is 0 Å². The van der Waals surface area contributed by atoms with Gasteiger partial charge in [-0.1, -0.05) is 12.2 Å². The predicted octanol–water partition coefficient (Wildman–Crippen LogP) is 3.80. The average molecular weight is 505 g/mol. The van der Waals surface area contributed by atoms with Gasteiger partial charge in [0.05, 0.1) is 23.6 Å². The van der Waals surface area contributed by atoms with Crippen molar-refractivity contribution in [3.63, 3.8) is 0 Å². The number of nitrogens with zero attached hydrogens (tertiary/aromatic N) is 1. The number of pyridine rings is 1. The molecular weight excluding hydrogens is 474 g/mol. The zero-order valence-corrected chi connectivity index (χ0v) is 20.8. The van der Waals surface area contributed by atoms with Gasteiger partial charge in [0.25, 0.3) is 0 Å². The van der Waals surface area contributed by atoms with E-state index in [1.807, 2.05) is 0 Å². The van der Waals surface area contributed by atoms with Gasteiger partial charge >= 0.3 is 11.9 Å². The minimum absolute atomic E-state index is 0.0279. The fourth-order valence-electron chi connectivity index (χ4n) is 4.26. The van der Waals surface area contributed by atoms with E-state index in [1.165, 1.54) is 10.8 Å². The van der Waals surface area contributed by atoms with Gasteiger partial charge in [0.2, 0.25) is 17.3 Å². The molecule has 1 aromatic heterocycles. The van der Waals surface area contributed by atoms with E-state index >= 15 is 4.39 Å². The summed E-state index contributed by atoms with van der Waals surface area (Å²) in [6.45, 7) is 11.0. The zero-order chi connectivity index (χ0) is 26.4. The second kappa shape index (κ2) is 9.65. The van der Waals surface area contributed by atoms with Crippen LogP contribution in [0.25, 0.3) is 10.9 Å². The normalized spacial score (nSPS) is 18.8. The summed E-state index contributed by atoms with van der Waals surface area (Å²) in [6, 6.07) is -0.0117. The highest BCUT2D eigenvalue weighted by molar-refractivity contribution is 5.95. The van der Waals surface area contributed by atoms with Gasteiger partial charge < -0.3 is 24.1 Å². The van der Waals surface area contributed by atoms with Gasteiger partial charge in [-0.3, -0.25) is 4.79 Å². The Balaban J connectivity index is 1.90. The molecule has 10 heteroatoms. The van der Waals surface area contributed by atoms with Crippen LogP contribution in [0.2, 0.25) is 0 Å². The highest BCUT2D eigenvalue weighted by atomic mass is 19.2. The van der Waals surface area contributed by atoms with Crippen molar-refractivity contribution >= 4 is 22.8 Å². The van der Waals surface area contributed by atoms with Gasteiger partial charge in [0, 0.05) is 18.8 Å². The molecule has 8 nitrogen and oxygen atoms in total. The molecule has 0 bridgehead atoms. The fourth-order valence-corrected chi connectivity index (χ4v) is 4.26. The number of benzene rings is 1. The molecule has 4 rings (SSSR count). The van der Waals surface area contributed by atoms with Crippen molar-refractivity contribution in [2.75, 3.05) is 13.2 Å². The quantitative estimate of drug-likeness (QED) is 0.453. The Labute approximate surface area is 207 Å². The molecule has 2 aliphatic rings. The molecule has 2 atom stereocenters. The van der Waals surface area contributed by atoms with Crippen molar-refractivity contribution in [3.8, 4) is 5.75 Å². The molecule has 0 spiro atoms. The molecule has 1 unspecified atom stereocenters. The van der Waals surface area contributed by atoms with E-state index in [1.54, 1.807) is 27.7 Å². The summed E-state index contributed by atoms with van der Waals surface area (Å²) in [5, 5.41) is 2.86. The first-order valence-electron chi connectivity index (χ1n) is 11.9. The fraction of sp³-hybridized carbons (Fsp3) is 0.500. The summed E-state index contributed by atoms with van der Waals surface area (Å²) >= 11 is 0. The van der Waals surface area contributed by atoms with Crippen LogP contribution in [0.3, 0.4) is 0 Å². The minimum Gasteiger partial charge on any atom is -0.472 e. The molecule has 0 amide bonds. The number of hydrogen-bond donors (Lipinski definition) is 1. The van der Waals surface area contributed by atoms with Crippen molar-refractivity contribution in [1.82, 2.24) is 9.88 Å². The monoisotopic (exact) mass is 504 g/mol. The lowest BCUT2D eigenvalue weighted by Gasteiger charge is -2.28. The van der Waals surface area contributed by atoms with Crippen LogP contribution in [-0.4, -0.2) is 47.4 Å². The highest BCUT2D eigenvalue weighted by Crippen LogP contribution is 2.41. The zero-order valence-electron chi connectivity index (χ0n) is 20.8. The number of rotatable bonds is 7. The number of ether oxygens (including phenoxy) is 3. The van der Waals surface area contributed by atoms with Crippen LogP contribution in [0.15, 0.2) is 29.2 Å². The lowest BCUT2D eigenvalue weighted by Crippen LogP contribution is -2.47. The first kappa shape index (κ1) is 25.8. The third-order valence-electron chi connectivity index (χ3n) is 5.97. The van der Waals surface area contributed by atoms with Gasteiger partial charge in [-0.05, 0) is 53.0 Å². The molecular formula is C26H30F2N2O6. The second-order valence-corrected chi connectivity index (χ2v) is 10.1. The number of nitrogens with one attached hydrogen (secondary N) is 1. The van der Waals surface area contributed by atoms with Gasteiger partial charge in [-0.25, -0.2) is 14.0 Å². The Kier molecular flexibility index (Phi) is 6.92. The molecule has 36 heavy (non-hydrogen) atoms. The number of esters is 2. The van der Waals surface area contributed by atoms with Crippen molar-refractivity contribution in [2.24, 2.45) is 0 Å². The Morgan fingerprint density at radius 2 is 1.97 bits per heavy atom. The molecule has 1 saturated carbocycles. The van der Waals surface area contributed by atoms with Gasteiger partial charge in [-0.2, -0.15) is 4.39 Å². The summed E-state index contributed by atoms with van der Waals surface area (Å²) in [7, 11) is 0. The van der Waals surface area contributed by atoms with Gasteiger partial charge in [0.15, 0.2) is 11.6 Å². The van der Waals surface area contributed by atoms with Crippen LogP contribution >= 0.6 is 0 Å². The smallest absolute Gasteiger partial charge is 0.349 e. The van der Waals surface area contributed by atoms with Crippen LogP contribution in [-0.2, 0) is 14.3 Å². The van der Waals surface area contributed by atoms with E-state index in [0.717, 1.165) is 11.6 Å². The van der Waals surface area contributed by atoms with E-state index in [-0.39, 0.29) is 29.1 Å². The highest BCUT2D eigenvalue weighted by Gasteiger charge is 2.39. The largest absolute Gasteiger partial charge is 0.472 e. The predicted molar refractivity (Wildman–Crippen MR) is 128 cm³/mol.